The molecule has 0 radical (unpaired) electrons. The van der Waals surface area contributed by atoms with Crippen LogP contribution in [0.5, 0.6) is 0 Å². The topological polar surface area (TPSA) is 0 Å². The Morgan fingerprint density at radius 2 is 0.800 bits per heavy atom. The number of halogens is 3. The monoisotopic (exact) mass is 138 g/mol. The minimum absolute atomic E-state index is 0. The fraction of sp³-hybridized carbons (Fsp3) is 0. The van der Waals surface area contributed by atoms with E-state index in [1.807, 2.05) is 0 Å². The summed E-state index contributed by atoms with van der Waals surface area (Å²) in [4.78, 5) is 0. The summed E-state index contributed by atoms with van der Waals surface area (Å²) < 4.78 is 0. The van der Waals surface area contributed by atoms with E-state index in [-0.39, 0.29) is 57.4 Å². The first-order chi connectivity index (χ1) is 0. The van der Waals surface area contributed by atoms with Crippen LogP contribution in [0.15, 0.2) is 0 Å². The molecule has 0 atom stereocenters. The number of hydrogen-bond acceptors (Lipinski definition) is 0. The zero-order chi connectivity index (χ0) is 0. The third-order valence-electron chi connectivity index (χ3n) is 0. The summed E-state index contributed by atoms with van der Waals surface area (Å²) in [5.41, 5.74) is 0. The molecule has 0 N–H and O–H groups in total. The molecule has 0 heterocycles. The SMILES string of the molecule is F.F.F.[Cr].[H-].[H-].[Mg+2]. The Bertz CT molecular complexity index is 12.9. The Balaban J connectivity index is 0. The Labute approximate surface area is 57.7 Å². The Kier molecular flexibility index (Phi) is 1910. The molecule has 0 amide bonds. The van der Waals surface area contributed by atoms with E-state index in [1.54, 1.807) is 0 Å². The number of hydrogen-bond donors (Lipinski definition) is 0. The van der Waals surface area contributed by atoms with Gasteiger partial charge in [0.25, 0.3) is 0 Å². The smallest absolute Gasteiger partial charge is 1.00 e. The van der Waals surface area contributed by atoms with Crippen molar-refractivity contribution in [1.29, 1.82) is 0 Å². The fourth-order valence-corrected chi connectivity index (χ4v) is 0. The molecule has 0 nitrogen and oxygen atoms in total. The molecule has 0 bridgehead atoms. The minimum atomic E-state index is 0. The summed E-state index contributed by atoms with van der Waals surface area (Å²) >= 11 is 0. The Hall–Kier alpha value is 1.09. The van der Waals surface area contributed by atoms with E-state index in [1.165, 1.54) is 0 Å². The molecule has 0 aromatic rings. The molecule has 0 saturated heterocycles. The number of rotatable bonds is 0. The van der Waals surface area contributed by atoms with Crippen molar-refractivity contribution in [1.82, 2.24) is 0 Å². The van der Waals surface area contributed by atoms with E-state index in [4.69, 9.17) is 0 Å². The van der Waals surface area contributed by atoms with Gasteiger partial charge >= 0.3 is 23.1 Å². The van der Waals surface area contributed by atoms with Crippen molar-refractivity contribution in [3.63, 3.8) is 0 Å². The Morgan fingerprint density at radius 1 is 0.800 bits per heavy atom. The third-order valence-corrected chi connectivity index (χ3v) is 0. The predicted octanol–water partition coefficient (Wildman–Crippen LogP) is 0.299. The predicted molar refractivity (Wildman–Crippen MR) is 15.5 cm³/mol. The van der Waals surface area contributed by atoms with Gasteiger partial charge in [-0.15, -0.1) is 0 Å². The van der Waals surface area contributed by atoms with E-state index in [0.29, 0.717) is 0 Å². The van der Waals surface area contributed by atoms with Gasteiger partial charge in [0.1, 0.15) is 0 Å². The van der Waals surface area contributed by atoms with E-state index in [9.17, 15) is 0 Å². The van der Waals surface area contributed by atoms with Gasteiger partial charge in [0.15, 0.2) is 0 Å². The zero-order valence-corrected chi connectivity index (χ0v) is 5.03. The zero-order valence-electron chi connectivity index (χ0n) is 4.34. The van der Waals surface area contributed by atoms with Crippen LogP contribution in [0.3, 0.4) is 0 Å². The van der Waals surface area contributed by atoms with Crippen molar-refractivity contribution in [2.45, 2.75) is 0 Å². The average Bonchev–Trinajstić information content (AvgIpc) is 0. The van der Waals surface area contributed by atoms with Crippen molar-refractivity contribution in [3.8, 4) is 0 Å². The molecule has 34 valence electrons. The van der Waals surface area contributed by atoms with Crippen molar-refractivity contribution >= 4 is 23.1 Å². The van der Waals surface area contributed by atoms with Crippen LogP contribution in [0.1, 0.15) is 2.85 Å². The van der Waals surface area contributed by atoms with Crippen LogP contribution in [-0.2, 0) is 17.4 Å². The largest absolute Gasteiger partial charge is 2.00 e. The molecule has 5 heteroatoms. The second-order valence-corrected chi connectivity index (χ2v) is 0. The summed E-state index contributed by atoms with van der Waals surface area (Å²) in [6, 6.07) is 0. The van der Waals surface area contributed by atoms with Crippen LogP contribution in [0, 0.1) is 0 Å². The maximum absolute atomic E-state index is 0. The second-order valence-electron chi connectivity index (χ2n) is 0. The molecule has 0 spiro atoms. The van der Waals surface area contributed by atoms with E-state index < -0.39 is 0 Å². The molecular formula is H5CrF3Mg. The molecular weight excluding hydrogens is 133 g/mol. The summed E-state index contributed by atoms with van der Waals surface area (Å²) in [6.07, 6.45) is 0. The molecule has 0 aliphatic carbocycles. The first-order valence-electron chi connectivity index (χ1n) is 0. The van der Waals surface area contributed by atoms with Crippen LogP contribution >= 0.6 is 0 Å². The molecule has 0 aliphatic rings. The summed E-state index contributed by atoms with van der Waals surface area (Å²) in [5, 5.41) is 0. The van der Waals surface area contributed by atoms with Gasteiger partial charge in [-0.2, -0.15) is 0 Å². The molecule has 0 aromatic carbocycles. The normalized spacial score (nSPS) is 0. The van der Waals surface area contributed by atoms with Gasteiger partial charge in [0.2, 0.25) is 0 Å². The minimum Gasteiger partial charge on any atom is -1.00 e. The van der Waals surface area contributed by atoms with Crippen molar-refractivity contribution < 1.29 is 34.3 Å². The maximum atomic E-state index is 0. The van der Waals surface area contributed by atoms with Gasteiger partial charge in [-0.1, -0.05) is 0 Å². The summed E-state index contributed by atoms with van der Waals surface area (Å²) in [7, 11) is 0. The van der Waals surface area contributed by atoms with E-state index in [2.05, 4.69) is 0 Å². The van der Waals surface area contributed by atoms with Gasteiger partial charge in [-0.25, -0.2) is 0 Å². The van der Waals surface area contributed by atoms with Crippen LogP contribution in [-0.4, -0.2) is 23.1 Å². The van der Waals surface area contributed by atoms with Crippen molar-refractivity contribution in [3.05, 3.63) is 0 Å². The molecule has 0 fully saturated rings. The molecule has 0 saturated carbocycles. The molecule has 5 heavy (non-hydrogen) atoms. The third kappa shape index (κ3) is 41.0. The Morgan fingerprint density at radius 3 is 0.800 bits per heavy atom. The summed E-state index contributed by atoms with van der Waals surface area (Å²) in [5.74, 6) is 0. The maximum Gasteiger partial charge on any atom is 2.00 e. The van der Waals surface area contributed by atoms with Gasteiger partial charge in [-0.3, -0.25) is 14.1 Å². The molecule has 0 unspecified atom stereocenters. The molecule has 0 aromatic heterocycles. The molecule has 0 aliphatic heterocycles. The van der Waals surface area contributed by atoms with E-state index >= 15 is 0 Å². The second kappa shape index (κ2) is 71.8. The van der Waals surface area contributed by atoms with Crippen LogP contribution in [0.4, 0.5) is 14.1 Å². The summed E-state index contributed by atoms with van der Waals surface area (Å²) in [6.45, 7) is 0. The first kappa shape index (κ1) is 133. The quantitative estimate of drug-likeness (QED) is 0.422. The first-order valence-corrected chi connectivity index (χ1v) is 0. The van der Waals surface area contributed by atoms with Crippen molar-refractivity contribution in [2.24, 2.45) is 0 Å². The van der Waals surface area contributed by atoms with Crippen LogP contribution < -0.4 is 0 Å². The van der Waals surface area contributed by atoms with Gasteiger partial charge in [0, 0.05) is 17.4 Å². The van der Waals surface area contributed by atoms with E-state index in [0.717, 1.165) is 0 Å². The van der Waals surface area contributed by atoms with Gasteiger partial charge in [0.05, 0.1) is 0 Å². The van der Waals surface area contributed by atoms with Crippen molar-refractivity contribution in [2.75, 3.05) is 0 Å². The average molecular weight is 138 g/mol. The van der Waals surface area contributed by atoms with Crippen LogP contribution in [0.2, 0.25) is 0 Å². The van der Waals surface area contributed by atoms with Gasteiger partial charge < -0.3 is 2.85 Å². The fourth-order valence-electron chi connectivity index (χ4n) is 0. The van der Waals surface area contributed by atoms with Crippen LogP contribution in [0.25, 0.3) is 0 Å². The standard InChI is InChI=1S/Cr.3FH.Mg.2H/h;3*1H;;;/q;;;;+2;2*-1. The van der Waals surface area contributed by atoms with Gasteiger partial charge in [-0.05, 0) is 0 Å². The molecule has 0 rings (SSSR count).